The average Bonchev–Trinajstić information content (AvgIpc) is 2.99. The Morgan fingerprint density at radius 1 is 1.08 bits per heavy atom. The number of carbonyl (C=O) groups is 2. The van der Waals surface area contributed by atoms with Crippen LogP contribution >= 0.6 is 15.9 Å². The van der Waals surface area contributed by atoms with E-state index in [1.54, 1.807) is 30.3 Å². The van der Waals surface area contributed by atoms with E-state index in [-0.39, 0.29) is 23.1 Å². The number of halogens is 1. The van der Waals surface area contributed by atoms with Gasteiger partial charge in [0.2, 0.25) is 0 Å². The van der Waals surface area contributed by atoms with Crippen molar-refractivity contribution in [3.63, 3.8) is 0 Å². The van der Waals surface area contributed by atoms with Crippen molar-refractivity contribution in [3.8, 4) is 0 Å². The number of carbonyl (C=O) groups excluding carboxylic acids is 2. The highest BCUT2D eigenvalue weighted by Crippen LogP contribution is 2.23. The van der Waals surface area contributed by atoms with Crippen LogP contribution in [0.2, 0.25) is 0 Å². The normalized spacial score (nSPS) is 11.5. The second-order valence-electron chi connectivity index (χ2n) is 7.11. The van der Waals surface area contributed by atoms with Gasteiger partial charge in [-0.1, -0.05) is 29.8 Å². The van der Waals surface area contributed by atoms with Crippen LogP contribution in [0.25, 0.3) is 0 Å². The minimum atomic E-state index is -0.449. The van der Waals surface area contributed by atoms with E-state index in [4.69, 9.17) is 0 Å². The Balaban J connectivity index is 2.11. The third kappa shape index (κ3) is 4.69. The summed E-state index contributed by atoms with van der Waals surface area (Å²) in [5.41, 5.74) is 6.28. The maximum atomic E-state index is 12.3. The van der Waals surface area contributed by atoms with Crippen molar-refractivity contribution in [1.82, 2.24) is 20.6 Å². The molecular weight excluding hydrogens is 384 g/mol. The molecule has 0 unspecified atom stereocenters. The molecule has 0 aliphatic heterocycles. The number of aromatic nitrogens is 2. The fourth-order valence-electron chi connectivity index (χ4n) is 2.31. The molecule has 2 N–H and O–H groups in total. The standard InChI is InChI=1S/C18H23BrN4O2/c1-11(2)15-10-14(22-23(15)18(3,4)5)17(25)21-20-16(24)12-6-8-13(19)9-7-12/h6-11H,1-5H3,(H,20,24)(H,21,25). The zero-order valence-electron chi connectivity index (χ0n) is 15.1. The molecule has 1 aromatic heterocycles. The first-order valence-corrected chi connectivity index (χ1v) is 8.85. The van der Waals surface area contributed by atoms with Gasteiger partial charge in [0.1, 0.15) is 0 Å². The van der Waals surface area contributed by atoms with Gasteiger partial charge in [-0.15, -0.1) is 0 Å². The first kappa shape index (κ1) is 19.2. The molecule has 0 aliphatic carbocycles. The van der Waals surface area contributed by atoms with Crippen LogP contribution in [0.3, 0.4) is 0 Å². The van der Waals surface area contributed by atoms with Gasteiger partial charge in [-0.05, 0) is 57.0 Å². The summed E-state index contributed by atoms with van der Waals surface area (Å²) in [6.45, 7) is 10.2. The zero-order chi connectivity index (χ0) is 18.8. The summed E-state index contributed by atoms with van der Waals surface area (Å²) in [4.78, 5) is 24.4. The van der Waals surface area contributed by atoms with E-state index in [9.17, 15) is 9.59 Å². The molecule has 2 aromatic rings. The van der Waals surface area contributed by atoms with Gasteiger partial charge in [-0.25, -0.2) is 0 Å². The summed E-state index contributed by atoms with van der Waals surface area (Å²) in [6.07, 6.45) is 0. The fraction of sp³-hybridized carbons (Fsp3) is 0.389. The summed E-state index contributed by atoms with van der Waals surface area (Å²) in [5.74, 6) is -0.610. The number of hydrogen-bond acceptors (Lipinski definition) is 3. The summed E-state index contributed by atoms with van der Waals surface area (Å²) in [7, 11) is 0. The molecule has 0 fully saturated rings. The molecule has 2 rings (SSSR count). The maximum Gasteiger partial charge on any atom is 0.290 e. The van der Waals surface area contributed by atoms with E-state index in [1.807, 2.05) is 25.5 Å². The quantitative estimate of drug-likeness (QED) is 0.764. The van der Waals surface area contributed by atoms with Gasteiger partial charge >= 0.3 is 0 Å². The van der Waals surface area contributed by atoms with Crippen LogP contribution in [0.4, 0.5) is 0 Å². The molecule has 2 amide bonds. The smallest absolute Gasteiger partial charge is 0.267 e. The van der Waals surface area contributed by atoms with Gasteiger partial charge in [-0.3, -0.25) is 25.1 Å². The summed E-state index contributed by atoms with van der Waals surface area (Å²) in [6, 6.07) is 8.61. The lowest BCUT2D eigenvalue weighted by molar-refractivity contribution is 0.0843. The maximum absolute atomic E-state index is 12.3. The highest BCUT2D eigenvalue weighted by Gasteiger charge is 2.23. The number of benzene rings is 1. The predicted molar refractivity (Wildman–Crippen MR) is 100 cm³/mol. The van der Waals surface area contributed by atoms with Gasteiger partial charge in [0, 0.05) is 15.7 Å². The Hall–Kier alpha value is -2.15. The minimum absolute atomic E-state index is 0.227. The summed E-state index contributed by atoms with van der Waals surface area (Å²) < 4.78 is 2.73. The Bertz CT molecular complexity index is 773. The molecule has 0 saturated carbocycles. The van der Waals surface area contributed by atoms with Gasteiger partial charge in [0.15, 0.2) is 5.69 Å². The van der Waals surface area contributed by atoms with Crippen molar-refractivity contribution in [3.05, 3.63) is 51.8 Å². The Morgan fingerprint density at radius 3 is 2.12 bits per heavy atom. The lowest BCUT2D eigenvalue weighted by Gasteiger charge is -2.23. The number of hydrazine groups is 1. The van der Waals surface area contributed by atoms with Crippen LogP contribution in [-0.2, 0) is 5.54 Å². The number of rotatable bonds is 3. The van der Waals surface area contributed by atoms with Crippen LogP contribution in [0.1, 0.15) is 67.1 Å². The number of nitrogens with zero attached hydrogens (tertiary/aromatic N) is 2. The van der Waals surface area contributed by atoms with E-state index in [0.717, 1.165) is 10.2 Å². The van der Waals surface area contributed by atoms with Gasteiger partial charge in [0.05, 0.1) is 5.54 Å². The monoisotopic (exact) mass is 406 g/mol. The first-order chi connectivity index (χ1) is 11.6. The number of nitrogens with one attached hydrogen (secondary N) is 2. The van der Waals surface area contributed by atoms with E-state index < -0.39 is 5.91 Å². The zero-order valence-corrected chi connectivity index (χ0v) is 16.6. The molecule has 0 bridgehead atoms. The topological polar surface area (TPSA) is 76.0 Å². The molecule has 1 heterocycles. The van der Waals surface area contributed by atoms with Crippen molar-refractivity contribution >= 4 is 27.7 Å². The predicted octanol–water partition coefficient (Wildman–Crippen LogP) is 3.60. The van der Waals surface area contributed by atoms with Crippen LogP contribution in [0.5, 0.6) is 0 Å². The molecule has 6 nitrogen and oxygen atoms in total. The minimum Gasteiger partial charge on any atom is -0.267 e. The lowest BCUT2D eigenvalue weighted by atomic mass is 10.1. The van der Waals surface area contributed by atoms with E-state index in [2.05, 4.69) is 45.7 Å². The SMILES string of the molecule is CC(C)c1cc(C(=O)NNC(=O)c2ccc(Br)cc2)nn1C(C)(C)C. The van der Waals surface area contributed by atoms with Gasteiger partial charge < -0.3 is 0 Å². The molecule has 25 heavy (non-hydrogen) atoms. The highest BCUT2D eigenvalue weighted by atomic mass is 79.9. The van der Waals surface area contributed by atoms with Crippen molar-refractivity contribution in [2.45, 2.75) is 46.1 Å². The van der Waals surface area contributed by atoms with Crippen molar-refractivity contribution < 1.29 is 9.59 Å². The average molecular weight is 407 g/mol. The highest BCUT2D eigenvalue weighted by molar-refractivity contribution is 9.10. The molecule has 7 heteroatoms. The fourth-order valence-corrected chi connectivity index (χ4v) is 2.57. The first-order valence-electron chi connectivity index (χ1n) is 8.06. The molecule has 0 aliphatic rings. The van der Waals surface area contributed by atoms with Crippen LogP contribution in [0.15, 0.2) is 34.8 Å². The molecule has 0 saturated heterocycles. The Labute approximate surface area is 156 Å². The third-order valence-electron chi connectivity index (χ3n) is 3.59. The van der Waals surface area contributed by atoms with E-state index in [0.29, 0.717) is 5.56 Å². The summed E-state index contributed by atoms with van der Waals surface area (Å²) >= 11 is 3.31. The van der Waals surface area contributed by atoms with Crippen LogP contribution < -0.4 is 10.9 Å². The number of hydrogen-bond donors (Lipinski definition) is 2. The van der Waals surface area contributed by atoms with Crippen molar-refractivity contribution in [2.24, 2.45) is 0 Å². The Morgan fingerprint density at radius 2 is 1.64 bits per heavy atom. The van der Waals surface area contributed by atoms with Crippen molar-refractivity contribution in [2.75, 3.05) is 0 Å². The molecule has 134 valence electrons. The summed E-state index contributed by atoms with van der Waals surface area (Å²) in [5, 5.41) is 4.41. The van der Waals surface area contributed by atoms with Crippen molar-refractivity contribution in [1.29, 1.82) is 0 Å². The van der Waals surface area contributed by atoms with Gasteiger partial charge in [0.25, 0.3) is 11.8 Å². The number of amides is 2. The lowest BCUT2D eigenvalue weighted by Crippen LogP contribution is -2.41. The molecule has 0 spiro atoms. The molecule has 0 atom stereocenters. The second-order valence-corrected chi connectivity index (χ2v) is 8.02. The van der Waals surface area contributed by atoms with Crippen LogP contribution in [0, 0.1) is 0 Å². The van der Waals surface area contributed by atoms with Gasteiger partial charge in [-0.2, -0.15) is 5.10 Å². The molecular formula is C18H23BrN4O2. The van der Waals surface area contributed by atoms with E-state index in [1.165, 1.54) is 0 Å². The largest absolute Gasteiger partial charge is 0.290 e. The second kappa shape index (κ2) is 7.39. The third-order valence-corrected chi connectivity index (χ3v) is 4.12. The van der Waals surface area contributed by atoms with E-state index >= 15 is 0 Å². The Kier molecular flexibility index (Phi) is 5.67. The molecule has 0 radical (unpaired) electrons. The van der Waals surface area contributed by atoms with Crippen LogP contribution in [-0.4, -0.2) is 21.6 Å². The molecule has 1 aromatic carbocycles.